The normalized spacial score (nSPS) is 11.5. The van der Waals surface area contributed by atoms with E-state index >= 15 is 0 Å². The van der Waals surface area contributed by atoms with E-state index in [0.29, 0.717) is 6.42 Å². The highest BCUT2D eigenvalue weighted by atomic mass is 16.5. The molecule has 1 rings (SSSR count). The van der Waals surface area contributed by atoms with Gasteiger partial charge in [-0.15, -0.1) is 0 Å². The van der Waals surface area contributed by atoms with Crippen LogP contribution in [-0.4, -0.2) is 30.9 Å². The molecule has 0 radical (unpaired) electrons. The second-order valence-corrected chi connectivity index (χ2v) is 4.53. The zero-order valence-corrected chi connectivity index (χ0v) is 12.4. The standard InChI is InChI=1S/C16H21NO4/c1-3-20-14(18)11-13(15(17)16(19)21-4-2)10-12-8-6-5-7-9-12/h5-9,13,17H,3-4,10-11H2,1-2H3. The van der Waals surface area contributed by atoms with Gasteiger partial charge in [0.05, 0.1) is 19.6 Å². The minimum Gasteiger partial charge on any atom is -0.466 e. The molecule has 0 aromatic heterocycles. The van der Waals surface area contributed by atoms with Crippen molar-refractivity contribution in [1.82, 2.24) is 0 Å². The molecule has 0 fully saturated rings. The minimum atomic E-state index is -0.678. The van der Waals surface area contributed by atoms with Crippen molar-refractivity contribution < 1.29 is 19.1 Å². The molecule has 1 N–H and O–H groups in total. The summed E-state index contributed by atoms with van der Waals surface area (Å²) in [5, 5.41) is 7.95. The van der Waals surface area contributed by atoms with Crippen molar-refractivity contribution in [2.75, 3.05) is 13.2 Å². The minimum absolute atomic E-state index is 0.000379. The quantitative estimate of drug-likeness (QED) is 0.589. The lowest BCUT2D eigenvalue weighted by molar-refractivity contribution is -0.143. The van der Waals surface area contributed by atoms with E-state index in [1.807, 2.05) is 30.3 Å². The number of ether oxygens (including phenoxy) is 2. The van der Waals surface area contributed by atoms with Crippen molar-refractivity contribution in [2.45, 2.75) is 26.7 Å². The average molecular weight is 291 g/mol. The molecule has 0 heterocycles. The summed E-state index contributed by atoms with van der Waals surface area (Å²) in [4.78, 5) is 23.4. The molecule has 0 bridgehead atoms. The van der Waals surface area contributed by atoms with E-state index in [1.165, 1.54) is 0 Å². The largest absolute Gasteiger partial charge is 0.466 e. The molecule has 5 nitrogen and oxygen atoms in total. The van der Waals surface area contributed by atoms with Crippen molar-refractivity contribution in [3.63, 3.8) is 0 Å². The van der Waals surface area contributed by atoms with Crippen molar-refractivity contribution >= 4 is 17.7 Å². The molecule has 0 spiro atoms. The monoisotopic (exact) mass is 291 g/mol. The number of carbonyl (C=O) groups is 2. The van der Waals surface area contributed by atoms with Gasteiger partial charge in [0, 0.05) is 5.92 Å². The van der Waals surface area contributed by atoms with Crippen LogP contribution in [-0.2, 0) is 25.5 Å². The summed E-state index contributed by atoms with van der Waals surface area (Å²) in [7, 11) is 0. The highest BCUT2D eigenvalue weighted by molar-refractivity contribution is 6.36. The fraction of sp³-hybridized carbons (Fsp3) is 0.438. The van der Waals surface area contributed by atoms with Gasteiger partial charge in [0.25, 0.3) is 0 Å². The van der Waals surface area contributed by atoms with Gasteiger partial charge in [0.2, 0.25) is 0 Å². The van der Waals surface area contributed by atoms with Crippen LogP contribution in [0.2, 0.25) is 0 Å². The first-order valence-electron chi connectivity index (χ1n) is 7.03. The lowest BCUT2D eigenvalue weighted by Gasteiger charge is -2.16. The number of rotatable bonds is 8. The van der Waals surface area contributed by atoms with Crippen LogP contribution >= 0.6 is 0 Å². The van der Waals surface area contributed by atoms with Crippen LogP contribution in [0.1, 0.15) is 25.8 Å². The van der Waals surface area contributed by atoms with Crippen LogP contribution in [0.15, 0.2) is 30.3 Å². The Hall–Kier alpha value is -2.17. The Morgan fingerprint density at radius 2 is 1.71 bits per heavy atom. The molecule has 1 aromatic carbocycles. The lowest BCUT2D eigenvalue weighted by Crippen LogP contribution is -2.29. The lowest BCUT2D eigenvalue weighted by atomic mass is 9.91. The number of carbonyl (C=O) groups excluding carboxylic acids is 2. The number of nitrogens with one attached hydrogen (secondary N) is 1. The molecule has 114 valence electrons. The van der Waals surface area contributed by atoms with Gasteiger partial charge in [-0.1, -0.05) is 30.3 Å². The molecule has 0 saturated carbocycles. The molecule has 0 aliphatic rings. The molecule has 1 atom stereocenters. The van der Waals surface area contributed by atoms with E-state index < -0.39 is 17.9 Å². The molecule has 0 amide bonds. The van der Waals surface area contributed by atoms with Crippen LogP contribution in [0.3, 0.4) is 0 Å². The predicted molar refractivity (Wildman–Crippen MR) is 79.2 cm³/mol. The van der Waals surface area contributed by atoms with Crippen molar-refractivity contribution in [2.24, 2.45) is 5.92 Å². The summed E-state index contributed by atoms with van der Waals surface area (Å²) in [6, 6.07) is 9.45. The highest BCUT2D eigenvalue weighted by Gasteiger charge is 2.25. The number of hydrogen-bond donors (Lipinski definition) is 1. The fourth-order valence-electron chi connectivity index (χ4n) is 1.97. The van der Waals surface area contributed by atoms with Crippen LogP contribution in [0.25, 0.3) is 0 Å². The van der Waals surface area contributed by atoms with E-state index in [2.05, 4.69) is 0 Å². The Labute approximate surface area is 124 Å². The topological polar surface area (TPSA) is 76.5 Å². The summed E-state index contributed by atoms with van der Waals surface area (Å²) in [5.41, 5.74) is 0.773. The van der Waals surface area contributed by atoms with Crippen LogP contribution < -0.4 is 0 Å². The molecular weight excluding hydrogens is 270 g/mol. The maximum atomic E-state index is 11.7. The first-order valence-corrected chi connectivity index (χ1v) is 7.03. The first-order chi connectivity index (χ1) is 10.1. The molecular formula is C16H21NO4. The third-order valence-electron chi connectivity index (χ3n) is 2.95. The van der Waals surface area contributed by atoms with Crippen LogP contribution in [0.4, 0.5) is 0 Å². The van der Waals surface area contributed by atoms with Gasteiger partial charge in [-0.25, -0.2) is 4.79 Å². The molecule has 0 aliphatic carbocycles. The smallest absolute Gasteiger partial charge is 0.352 e. The number of hydrogen-bond acceptors (Lipinski definition) is 5. The fourth-order valence-corrected chi connectivity index (χ4v) is 1.97. The molecule has 5 heteroatoms. The second kappa shape index (κ2) is 8.89. The maximum absolute atomic E-state index is 11.7. The third kappa shape index (κ3) is 5.77. The Balaban J connectivity index is 2.81. The van der Waals surface area contributed by atoms with Crippen LogP contribution in [0.5, 0.6) is 0 Å². The van der Waals surface area contributed by atoms with Gasteiger partial charge in [-0.2, -0.15) is 0 Å². The molecule has 21 heavy (non-hydrogen) atoms. The molecule has 0 saturated heterocycles. The first kappa shape index (κ1) is 16.9. The summed E-state index contributed by atoms with van der Waals surface area (Å²) in [6.07, 6.45) is 0.428. The van der Waals surface area contributed by atoms with Gasteiger partial charge < -0.3 is 9.47 Å². The Morgan fingerprint density at radius 3 is 2.29 bits per heavy atom. The Bertz CT molecular complexity index is 484. The van der Waals surface area contributed by atoms with Crippen LogP contribution in [0, 0.1) is 11.3 Å². The zero-order chi connectivity index (χ0) is 15.7. The van der Waals surface area contributed by atoms with Gasteiger partial charge in [-0.05, 0) is 25.8 Å². The van der Waals surface area contributed by atoms with E-state index in [-0.39, 0.29) is 25.3 Å². The SMILES string of the molecule is CCOC(=O)CC(Cc1ccccc1)C(=N)C(=O)OCC. The number of benzene rings is 1. The highest BCUT2D eigenvalue weighted by Crippen LogP contribution is 2.15. The Kier molecular flexibility index (Phi) is 7.15. The molecule has 0 aliphatic heterocycles. The van der Waals surface area contributed by atoms with Gasteiger partial charge in [0.1, 0.15) is 5.71 Å². The van der Waals surface area contributed by atoms with E-state index in [0.717, 1.165) is 5.56 Å². The average Bonchev–Trinajstić information content (AvgIpc) is 2.47. The van der Waals surface area contributed by atoms with E-state index in [1.54, 1.807) is 13.8 Å². The maximum Gasteiger partial charge on any atom is 0.352 e. The summed E-state index contributed by atoms with van der Waals surface area (Å²) in [6.45, 7) is 3.89. The molecule has 1 aromatic rings. The summed E-state index contributed by atoms with van der Waals surface area (Å²) in [5.74, 6) is -1.62. The molecule has 1 unspecified atom stereocenters. The van der Waals surface area contributed by atoms with E-state index in [4.69, 9.17) is 14.9 Å². The van der Waals surface area contributed by atoms with E-state index in [9.17, 15) is 9.59 Å². The van der Waals surface area contributed by atoms with Crippen molar-refractivity contribution in [1.29, 1.82) is 5.41 Å². The summed E-state index contributed by atoms with van der Waals surface area (Å²) >= 11 is 0. The van der Waals surface area contributed by atoms with Crippen molar-refractivity contribution in [3.05, 3.63) is 35.9 Å². The second-order valence-electron chi connectivity index (χ2n) is 4.53. The summed E-state index contributed by atoms with van der Waals surface area (Å²) < 4.78 is 9.76. The number of esters is 2. The zero-order valence-electron chi connectivity index (χ0n) is 12.4. The van der Waals surface area contributed by atoms with Gasteiger partial charge >= 0.3 is 11.9 Å². The Morgan fingerprint density at radius 1 is 1.10 bits per heavy atom. The third-order valence-corrected chi connectivity index (χ3v) is 2.95. The van der Waals surface area contributed by atoms with Crippen molar-refractivity contribution in [3.8, 4) is 0 Å². The predicted octanol–water partition coefficient (Wildman–Crippen LogP) is 2.38. The van der Waals surface area contributed by atoms with Gasteiger partial charge in [0.15, 0.2) is 0 Å². The van der Waals surface area contributed by atoms with Gasteiger partial charge in [-0.3, -0.25) is 10.2 Å².